The molecule has 10 heteroatoms. The Kier molecular flexibility index (Phi) is 7.58. The van der Waals surface area contributed by atoms with E-state index >= 15 is 0 Å². The van der Waals surface area contributed by atoms with Gasteiger partial charge in [0.25, 0.3) is 15.9 Å². The Morgan fingerprint density at radius 1 is 1.03 bits per heavy atom. The number of methoxy groups -OCH3 is 2. The van der Waals surface area contributed by atoms with Crippen LogP contribution in [0.3, 0.4) is 0 Å². The summed E-state index contributed by atoms with van der Waals surface area (Å²) in [5, 5.41) is 0. The maximum absolute atomic E-state index is 13.1. The summed E-state index contributed by atoms with van der Waals surface area (Å²) in [5.74, 6) is 0.0871. The van der Waals surface area contributed by atoms with E-state index in [-0.39, 0.29) is 16.1 Å². The lowest BCUT2D eigenvalue weighted by atomic mass is 10.1. The average Bonchev–Trinajstić information content (AvgIpc) is 3.18. The number of benzene rings is 3. The minimum Gasteiger partial charge on any atom is -0.497 e. The number of thiazole rings is 1. The van der Waals surface area contributed by atoms with Gasteiger partial charge in [0.05, 0.1) is 28.8 Å². The van der Waals surface area contributed by atoms with E-state index in [4.69, 9.17) is 9.47 Å². The molecule has 4 rings (SSSR count). The number of amides is 1. The fourth-order valence-electron chi connectivity index (χ4n) is 3.64. The SMILES string of the molecule is COCCn1c(=NC(=O)c2cccc(NS(=O)(=O)c3ccc(OC)cc3)c2)sc2cc(C)c(C)cc21. The number of aromatic nitrogens is 1. The van der Waals surface area contributed by atoms with E-state index in [1.165, 1.54) is 36.6 Å². The van der Waals surface area contributed by atoms with Crippen LogP contribution >= 0.6 is 11.3 Å². The molecule has 0 aliphatic carbocycles. The molecule has 188 valence electrons. The first-order valence-electron chi connectivity index (χ1n) is 11.2. The Morgan fingerprint density at radius 3 is 2.44 bits per heavy atom. The van der Waals surface area contributed by atoms with Gasteiger partial charge in [0.15, 0.2) is 4.80 Å². The first-order chi connectivity index (χ1) is 17.2. The van der Waals surface area contributed by atoms with Crippen LogP contribution in [-0.4, -0.2) is 39.7 Å². The largest absolute Gasteiger partial charge is 0.497 e. The quantitative estimate of drug-likeness (QED) is 0.365. The highest BCUT2D eigenvalue weighted by Gasteiger charge is 2.16. The smallest absolute Gasteiger partial charge is 0.279 e. The molecule has 0 unspecified atom stereocenters. The van der Waals surface area contributed by atoms with Crippen molar-refractivity contribution < 1.29 is 22.7 Å². The summed E-state index contributed by atoms with van der Waals surface area (Å²) in [7, 11) is -0.706. The van der Waals surface area contributed by atoms with Crippen molar-refractivity contribution in [3.05, 3.63) is 82.2 Å². The fourth-order valence-corrected chi connectivity index (χ4v) is 5.83. The molecule has 0 bridgehead atoms. The van der Waals surface area contributed by atoms with Crippen LogP contribution in [0, 0.1) is 13.8 Å². The molecule has 0 saturated heterocycles. The van der Waals surface area contributed by atoms with Gasteiger partial charge in [-0.3, -0.25) is 9.52 Å². The Morgan fingerprint density at radius 2 is 1.75 bits per heavy atom. The first-order valence-corrected chi connectivity index (χ1v) is 13.5. The van der Waals surface area contributed by atoms with E-state index in [1.54, 1.807) is 37.4 Å². The minimum absolute atomic E-state index is 0.0831. The van der Waals surface area contributed by atoms with Gasteiger partial charge in [0.1, 0.15) is 5.75 Å². The molecular weight excluding hydrogens is 498 g/mol. The van der Waals surface area contributed by atoms with Gasteiger partial charge in [0.2, 0.25) is 0 Å². The lowest BCUT2D eigenvalue weighted by Crippen LogP contribution is -2.19. The van der Waals surface area contributed by atoms with Crippen molar-refractivity contribution in [2.75, 3.05) is 25.5 Å². The molecule has 1 heterocycles. The van der Waals surface area contributed by atoms with Crippen LogP contribution in [0.4, 0.5) is 5.69 Å². The van der Waals surface area contributed by atoms with E-state index < -0.39 is 15.9 Å². The monoisotopic (exact) mass is 525 g/mol. The van der Waals surface area contributed by atoms with E-state index in [2.05, 4.69) is 28.8 Å². The molecular formula is C26H27N3O5S2. The maximum Gasteiger partial charge on any atom is 0.279 e. The van der Waals surface area contributed by atoms with Crippen molar-refractivity contribution in [2.45, 2.75) is 25.3 Å². The Balaban J connectivity index is 1.66. The van der Waals surface area contributed by atoms with Crippen molar-refractivity contribution in [3.8, 4) is 5.75 Å². The van der Waals surface area contributed by atoms with E-state index in [9.17, 15) is 13.2 Å². The highest BCUT2D eigenvalue weighted by atomic mass is 32.2. The molecule has 8 nitrogen and oxygen atoms in total. The molecule has 0 fully saturated rings. The third kappa shape index (κ3) is 5.51. The second kappa shape index (κ2) is 10.7. The number of carbonyl (C=O) groups is 1. The second-order valence-corrected chi connectivity index (χ2v) is 10.9. The number of fused-ring (bicyclic) bond motifs is 1. The lowest BCUT2D eigenvalue weighted by molar-refractivity contribution is 0.0997. The Hall–Kier alpha value is -3.47. The van der Waals surface area contributed by atoms with Gasteiger partial charge in [0, 0.05) is 24.9 Å². The number of hydrogen-bond acceptors (Lipinski definition) is 6. The summed E-state index contributed by atoms with van der Waals surface area (Å²) in [4.78, 5) is 18.1. The lowest BCUT2D eigenvalue weighted by Gasteiger charge is -2.09. The summed E-state index contributed by atoms with van der Waals surface area (Å²) in [6.45, 7) is 5.12. The molecule has 0 spiro atoms. The van der Waals surface area contributed by atoms with Crippen molar-refractivity contribution in [2.24, 2.45) is 4.99 Å². The van der Waals surface area contributed by atoms with Gasteiger partial charge in [-0.05, 0) is 79.6 Å². The number of hydrogen-bond donors (Lipinski definition) is 1. The van der Waals surface area contributed by atoms with Gasteiger partial charge in [-0.15, -0.1) is 0 Å². The number of nitrogens with zero attached hydrogens (tertiary/aromatic N) is 2. The molecule has 4 aromatic rings. The first kappa shape index (κ1) is 25.6. The predicted octanol–water partition coefficient (Wildman–Crippen LogP) is 4.52. The van der Waals surface area contributed by atoms with Gasteiger partial charge >= 0.3 is 0 Å². The van der Waals surface area contributed by atoms with Crippen LogP contribution in [0.25, 0.3) is 10.2 Å². The highest BCUT2D eigenvalue weighted by molar-refractivity contribution is 7.92. The third-order valence-corrected chi connectivity index (χ3v) is 8.18. The summed E-state index contributed by atoms with van der Waals surface area (Å²) in [6.07, 6.45) is 0. The number of rotatable bonds is 8. The summed E-state index contributed by atoms with van der Waals surface area (Å²) >= 11 is 1.43. The van der Waals surface area contributed by atoms with Crippen LogP contribution in [0.15, 0.2) is 70.6 Å². The number of anilines is 1. The molecule has 0 aliphatic rings. The number of nitrogens with one attached hydrogen (secondary N) is 1. The molecule has 1 amide bonds. The number of sulfonamides is 1. The van der Waals surface area contributed by atoms with Gasteiger partial charge < -0.3 is 14.0 Å². The van der Waals surface area contributed by atoms with Crippen LogP contribution < -0.4 is 14.3 Å². The van der Waals surface area contributed by atoms with Gasteiger partial charge in [-0.1, -0.05) is 17.4 Å². The van der Waals surface area contributed by atoms with E-state index in [1.807, 2.05) is 11.5 Å². The molecule has 36 heavy (non-hydrogen) atoms. The standard InChI is InChI=1S/C26H27N3O5S2/c1-17-14-23-24(15-18(17)2)35-26(29(23)12-13-33-3)27-25(30)19-6-5-7-20(16-19)28-36(31,32)22-10-8-21(34-4)9-11-22/h5-11,14-16,28H,12-13H2,1-4H3. The van der Waals surface area contributed by atoms with Gasteiger partial charge in [-0.25, -0.2) is 8.42 Å². The zero-order valence-corrected chi connectivity index (χ0v) is 22.1. The number of ether oxygens (including phenoxy) is 2. The Labute approximate surface area is 213 Å². The molecule has 1 N–H and O–H groups in total. The summed E-state index contributed by atoms with van der Waals surface area (Å²) in [6, 6.07) is 16.5. The molecule has 0 atom stereocenters. The summed E-state index contributed by atoms with van der Waals surface area (Å²) in [5.41, 5.74) is 3.85. The third-order valence-electron chi connectivity index (χ3n) is 5.75. The highest BCUT2D eigenvalue weighted by Crippen LogP contribution is 2.23. The molecule has 0 radical (unpaired) electrons. The average molecular weight is 526 g/mol. The van der Waals surface area contributed by atoms with Crippen LogP contribution in [0.2, 0.25) is 0 Å². The maximum atomic E-state index is 13.1. The topological polar surface area (TPSA) is 99.0 Å². The number of aryl methyl sites for hydroxylation is 2. The Bertz CT molecular complexity index is 1590. The molecule has 1 aromatic heterocycles. The molecule has 0 saturated carbocycles. The second-order valence-electron chi connectivity index (χ2n) is 8.21. The van der Waals surface area contributed by atoms with E-state index in [0.717, 1.165) is 21.3 Å². The number of carbonyl (C=O) groups excluding carboxylic acids is 1. The van der Waals surface area contributed by atoms with Crippen LogP contribution in [-0.2, 0) is 21.3 Å². The molecule has 0 aliphatic heterocycles. The van der Waals surface area contributed by atoms with Crippen molar-refractivity contribution in [3.63, 3.8) is 0 Å². The van der Waals surface area contributed by atoms with Crippen molar-refractivity contribution >= 4 is 43.2 Å². The normalized spacial score (nSPS) is 12.2. The predicted molar refractivity (Wildman–Crippen MR) is 141 cm³/mol. The molecule has 3 aromatic carbocycles. The van der Waals surface area contributed by atoms with Crippen molar-refractivity contribution in [1.82, 2.24) is 4.57 Å². The zero-order chi connectivity index (χ0) is 25.9. The van der Waals surface area contributed by atoms with Crippen LogP contribution in [0.5, 0.6) is 5.75 Å². The van der Waals surface area contributed by atoms with Crippen molar-refractivity contribution in [1.29, 1.82) is 0 Å². The van der Waals surface area contributed by atoms with Gasteiger partial charge in [-0.2, -0.15) is 4.99 Å². The minimum atomic E-state index is -3.85. The zero-order valence-electron chi connectivity index (χ0n) is 20.4. The van der Waals surface area contributed by atoms with E-state index in [0.29, 0.717) is 23.7 Å². The summed E-state index contributed by atoms with van der Waals surface area (Å²) < 4.78 is 41.5. The van der Waals surface area contributed by atoms with Crippen LogP contribution in [0.1, 0.15) is 21.5 Å². The fraction of sp³-hybridized carbons (Fsp3) is 0.231.